The molecule has 2 aliphatic rings. The van der Waals surface area contributed by atoms with E-state index in [0.29, 0.717) is 24.2 Å². The molecule has 0 saturated carbocycles. The maximum Gasteiger partial charge on any atom is 0.343 e. The van der Waals surface area contributed by atoms with Crippen LogP contribution in [0.15, 0.2) is 218 Å². The van der Waals surface area contributed by atoms with E-state index < -0.39 is 83.1 Å². The minimum absolute atomic E-state index is 0.0978. The van der Waals surface area contributed by atoms with Crippen molar-refractivity contribution in [1.29, 1.82) is 0 Å². The summed E-state index contributed by atoms with van der Waals surface area (Å²) in [7, 11) is 0. The van der Waals surface area contributed by atoms with E-state index in [9.17, 15) is 33.6 Å². The molecule has 8 aromatic carbocycles. The average Bonchev–Trinajstić information content (AvgIpc) is 1.59. The molecule has 0 aliphatic carbocycles. The van der Waals surface area contributed by atoms with Gasteiger partial charge in [0.05, 0.1) is 40.3 Å². The Morgan fingerprint density at radius 1 is 0.408 bits per heavy atom. The van der Waals surface area contributed by atoms with Crippen LogP contribution in [0.5, 0.6) is 34.5 Å². The Morgan fingerprint density at radius 3 is 1.20 bits per heavy atom. The fourth-order valence-electron chi connectivity index (χ4n) is 11.8. The highest BCUT2D eigenvalue weighted by molar-refractivity contribution is 6.23. The lowest BCUT2D eigenvalue weighted by Crippen LogP contribution is -2.33. The van der Waals surface area contributed by atoms with Crippen LogP contribution in [0.4, 0.5) is 11.4 Å². The zero-order chi connectivity index (χ0) is 69.2. The van der Waals surface area contributed by atoms with Crippen molar-refractivity contribution in [2.24, 2.45) is 23.7 Å². The molecule has 6 unspecified atom stereocenters. The summed E-state index contributed by atoms with van der Waals surface area (Å²) in [6.45, 7) is 7.48. The molecule has 98 heavy (non-hydrogen) atoms. The Bertz CT molecular complexity index is 4250. The van der Waals surface area contributed by atoms with Crippen LogP contribution in [0.1, 0.15) is 134 Å². The molecular formula is C80H72N2O16. The Hall–Kier alpha value is -11.7. The minimum Gasteiger partial charge on any atom is -0.427 e. The molecule has 2 fully saturated rings. The smallest absolute Gasteiger partial charge is 0.343 e. The molecule has 10 rings (SSSR count). The number of nitrogens with zero attached hydrogens (tertiary/aromatic N) is 2. The molecule has 2 saturated heterocycles. The average molecular weight is 1320 g/mol. The predicted molar refractivity (Wildman–Crippen MR) is 366 cm³/mol. The van der Waals surface area contributed by atoms with E-state index in [1.165, 1.54) is 121 Å². The topological polar surface area (TPSA) is 233 Å². The van der Waals surface area contributed by atoms with Gasteiger partial charge >= 0.3 is 35.8 Å². The Kier molecular flexibility index (Phi) is 23.1. The molecule has 0 N–H and O–H groups in total. The van der Waals surface area contributed by atoms with E-state index in [-0.39, 0.29) is 88.8 Å². The lowest BCUT2D eigenvalue weighted by Gasteiger charge is -2.30. The summed E-state index contributed by atoms with van der Waals surface area (Å²) in [5.41, 5.74) is 3.56. The van der Waals surface area contributed by atoms with Gasteiger partial charge in [0.1, 0.15) is 34.5 Å². The van der Waals surface area contributed by atoms with Crippen molar-refractivity contribution in [2.75, 3.05) is 9.80 Å². The summed E-state index contributed by atoms with van der Waals surface area (Å²) in [6, 6.07) is 55.3. The fraction of sp³-hybridized carbons (Fsp3) is 0.225. The molecular weight excluding hydrogens is 1240 g/mol. The molecule has 6 atom stereocenters. The van der Waals surface area contributed by atoms with Crippen LogP contribution in [-0.2, 0) is 38.4 Å². The predicted octanol–water partition coefficient (Wildman–Crippen LogP) is 14.9. The largest absolute Gasteiger partial charge is 0.427 e. The van der Waals surface area contributed by atoms with Gasteiger partial charge in [-0.25, -0.2) is 19.2 Å². The van der Waals surface area contributed by atoms with E-state index in [1.54, 1.807) is 55.5 Å². The van der Waals surface area contributed by atoms with Gasteiger partial charge in [-0.1, -0.05) is 125 Å². The molecule has 0 spiro atoms. The van der Waals surface area contributed by atoms with Gasteiger partial charge in [0.2, 0.25) is 23.6 Å². The molecule has 18 nitrogen and oxygen atoms in total. The number of hydrogen-bond donors (Lipinski definition) is 0. The summed E-state index contributed by atoms with van der Waals surface area (Å²) in [4.78, 5) is 140. The van der Waals surface area contributed by atoms with E-state index in [0.717, 1.165) is 39.3 Å². The first-order valence-electron chi connectivity index (χ1n) is 32.5. The van der Waals surface area contributed by atoms with Gasteiger partial charge in [-0.05, 0) is 193 Å². The molecule has 0 bridgehead atoms. The van der Waals surface area contributed by atoms with Crippen molar-refractivity contribution < 1.29 is 76.4 Å². The zero-order valence-corrected chi connectivity index (χ0v) is 54.5. The third kappa shape index (κ3) is 17.6. The van der Waals surface area contributed by atoms with Crippen LogP contribution in [0.3, 0.4) is 0 Å². The second-order valence-corrected chi connectivity index (χ2v) is 24.0. The third-order valence-corrected chi connectivity index (χ3v) is 17.1. The highest BCUT2D eigenvalue weighted by Crippen LogP contribution is 2.49. The van der Waals surface area contributed by atoms with Crippen LogP contribution in [0.25, 0.3) is 12.2 Å². The number of carbonyl (C=O) groups excluding carboxylic acids is 10. The number of esters is 6. The van der Waals surface area contributed by atoms with Gasteiger partial charge in [-0.3, -0.25) is 38.6 Å². The summed E-state index contributed by atoms with van der Waals surface area (Å²) < 4.78 is 33.5. The van der Waals surface area contributed by atoms with Crippen LogP contribution in [0, 0.1) is 23.7 Å². The maximum atomic E-state index is 15.7. The number of hydrogen-bond acceptors (Lipinski definition) is 16. The molecule has 498 valence electrons. The molecule has 4 amide bonds. The van der Waals surface area contributed by atoms with Crippen LogP contribution in [0.2, 0.25) is 0 Å². The van der Waals surface area contributed by atoms with Gasteiger partial charge < -0.3 is 28.4 Å². The molecule has 2 heterocycles. The van der Waals surface area contributed by atoms with Crippen molar-refractivity contribution in [2.45, 2.75) is 90.9 Å². The van der Waals surface area contributed by atoms with Crippen molar-refractivity contribution in [3.8, 4) is 34.5 Å². The van der Waals surface area contributed by atoms with Gasteiger partial charge in [0, 0.05) is 30.9 Å². The van der Waals surface area contributed by atoms with E-state index in [4.69, 9.17) is 28.4 Å². The van der Waals surface area contributed by atoms with Crippen molar-refractivity contribution in [3.05, 3.63) is 252 Å². The van der Waals surface area contributed by atoms with Crippen LogP contribution < -0.4 is 38.2 Å². The monoisotopic (exact) mass is 1320 g/mol. The number of ether oxygens (including phenoxy) is 6. The summed E-state index contributed by atoms with van der Waals surface area (Å²) in [5, 5.41) is 0. The number of imide groups is 2. The first-order valence-corrected chi connectivity index (χ1v) is 32.5. The second-order valence-electron chi connectivity index (χ2n) is 24.0. The van der Waals surface area contributed by atoms with E-state index in [1.807, 2.05) is 81.4 Å². The minimum atomic E-state index is -1.17. The standard InChI is InChI=1S/C80H72N2O16/c1-5-7-19-70(83)93-61-35-23-55(24-36-61)51(3)49-69-74(78(90)82(77(69)89)60-31-43-64(44-32-60)94-71(84)20-8-6-2)68(56-25-37-65(38-26-56)97-79(91)57-27-39-62(40-28-57)95-72(85)47-21-53-15-11-9-12-16-53)50-67-52(4)75(87)81(76(67)88)59-33-45-66(46-34-59)98-80(92)58-29-41-63(42-30-58)96-73(86)48-22-54-17-13-10-14-18-54/h9-18,21-48,51-52,67-69,74H,5-8,19-20,49-50H2,1-4H3/b47-21+,48-22+. The SMILES string of the molecule is CCCCC(=O)Oc1ccc(C(C)CC2C(=O)N(c3ccc(OC(=O)CCCC)cc3)C(=O)C2C(CC2C(=O)N(c3ccc(OC(=O)c4ccc(OC(=O)/C=C/c5ccccc5)cc4)cc3)C(=O)C2C)c2ccc(OC(=O)c3ccc(OC(=O)/C=C/c4ccccc4)cc3)cc2)cc1. The molecule has 8 aromatic rings. The van der Waals surface area contributed by atoms with Gasteiger partial charge in [-0.2, -0.15) is 0 Å². The van der Waals surface area contributed by atoms with Crippen molar-refractivity contribution in [3.63, 3.8) is 0 Å². The fourth-order valence-corrected chi connectivity index (χ4v) is 11.8. The first-order chi connectivity index (χ1) is 47.4. The number of amides is 4. The number of benzene rings is 8. The molecule has 2 aliphatic heterocycles. The number of rotatable bonds is 27. The van der Waals surface area contributed by atoms with Gasteiger partial charge in [-0.15, -0.1) is 0 Å². The van der Waals surface area contributed by atoms with Gasteiger partial charge in [0.15, 0.2) is 0 Å². The summed E-state index contributed by atoms with van der Waals surface area (Å²) in [6.07, 6.45) is 9.19. The van der Waals surface area contributed by atoms with Crippen molar-refractivity contribution in [1.82, 2.24) is 0 Å². The molecule has 0 aromatic heterocycles. The molecule has 0 radical (unpaired) electrons. The quantitative estimate of drug-likeness (QED) is 0.0201. The zero-order valence-electron chi connectivity index (χ0n) is 54.5. The Labute approximate surface area is 567 Å². The van der Waals surface area contributed by atoms with E-state index >= 15 is 14.4 Å². The summed E-state index contributed by atoms with van der Waals surface area (Å²) in [5.74, 6) is -10.1. The Morgan fingerprint density at radius 2 is 0.776 bits per heavy atom. The van der Waals surface area contributed by atoms with Crippen molar-refractivity contribution >= 4 is 83.0 Å². The molecule has 18 heteroatoms. The highest BCUT2D eigenvalue weighted by Gasteiger charge is 2.55. The normalized spacial score (nSPS) is 16.6. The lowest BCUT2D eigenvalue weighted by molar-refractivity contribution is -0.135. The number of anilines is 2. The highest BCUT2D eigenvalue weighted by atomic mass is 16.6. The maximum absolute atomic E-state index is 15.7. The first kappa shape index (κ1) is 69.2. The lowest BCUT2D eigenvalue weighted by atomic mass is 9.71. The van der Waals surface area contributed by atoms with Crippen LogP contribution in [-0.4, -0.2) is 59.4 Å². The van der Waals surface area contributed by atoms with Gasteiger partial charge in [0.25, 0.3) is 0 Å². The number of unbranched alkanes of at least 4 members (excludes halogenated alkanes) is 2. The van der Waals surface area contributed by atoms with E-state index in [2.05, 4.69) is 0 Å². The summed E-state index contributed by atoms with van der Waals surface area (Å²) >= 11 is 0. The third-order valence-electron chi connectivity index (χ3n) is 17.1. The van der Waals surface area contributed by atoms with Crippen LogP contribution >= 0.6 is 0 Å². The Balaban J connectivity index is 0.917. The second kappa shape index (κ2) is 32.7. The number of carbonyl (C=O) groups is 10.